The van der Waals surface area contributed by atoms with E-state index in [1.807, 2.05) is 35.7 Å². The number of hydrogen-bond donors (Lipinski definition) is 1. The van der Waals surface area contributed by atoms with Crippen molar-refractivity contribution in [1.82, 2.24) is 19.7 Å². The molecule has 1 N–H and O–H groups in total. The van der Waals surface area contributed by atoms with E-state index in [0.29, 0.717) is 41.7 Å². The second-order valence-electron chi connectivity index (χ2n) is 6.52. The Labute approximate surface area is 181 Å². The highest BCUT2D eigenvalue weighted by Gasteiger charge is 2.06. The Morgan fingerprint density at radius 1 is 1.27 bits per heavy atom. The van der Waals surface area contributed by atoms with Crippen molar-refractivity contribution in [3.05, 3.63) is 70.2 Å². The molecule has 0 unspecified atom stereocenters. The SMILES string of the molecule is O=C(CSCc1cc(=O)n2ccsc2n1)NCCCOc1cccc2cccnc12. The van der Waals surface area contributed by atoms with E-state index >= 15 is 0 Å². The van der Waals surface area contributed by atoms with Crippen molar-refractivity contribution in [2.24, 2.45) is 0 Å². The molecule has 0 saturated carbocycles. The summed E-state index contributed by atoms with van der Waals surface area (Å²) in [6.07, 6.45) is 4.16. The Balaban J connectivity index is 1.16. The molecule has 30 heavy (non-hydrogen) atoms. The van der Waals surface area contributed by atoms with E-state index in [9.17, 15) is 9.59 Å². The van der Waals surface area contributed by atoms with E-state index in [0.717, 1.165) is 16.7 Å². The maximum absolute atomic E-state index is 12.0. The molecule has 0 spiro atoms. The minimum Gasteiger partial charge on any atom is -0.491 e. The maximum atomic E-state index is 12.0. The standard InChI is InChI=1S/C21H20N4O3S2/c26-18(14-29-13-16-12-19(27)25-9-11-30-21(25)24-16)22-8-3-10-28-17-6-1-4-15-5-2-7-23-20(15)17/h1-2,4-7,9,11-12H,3,8,10,13-14H2,(H,22,26). The van der Waals surface area contributed by atoms with Gasteiger partial charge in [0.15, 0.2) is 4.96 Å². The number of benzene rings is 1. The highest BCUT2D eigenvalue weighted by atomic mass is 32.2. The number of thioether (sulfide) groups is 1. The van der Waals surface area contributed by atoms with Crippen molar-refractivity contribution >= 4 is 44.9 Å². The highest BCUT2D eigenvalue weighted by molar-refractivity contribution is 7.99. The minimum atomic E-state index is -0.0947. The van der Waals surface area contributed by atoms with Gasteiger partial charge in [0.2, 0.25) is 5.91 Å². The molecule has 0 radical (unpaired) electrons. The Morgan fingerprint density at radius 3 is 3.10 bits per heavy atom. The lowest BCUT2D eigenvalue weighted by Crippen LogP contribution is -2.27. The highest BCUT2D eigenvalue weighted by Crippen LogP contribution is 2.22. The molecule has 154 valence electrons. The summed E-state index contributed by atoms with van der Waals surface area (Å²) in [5.74, 6) is 1.55. The summed E-state index contributed by atoms with van der Waals surface area (Å²) in [6.45, 7) is 1.04. The Bertz CT molecular complexity index is 1220. The van der Waals surface area contributed by atoms with E-state index in [1.54, 1.807) is 12.4 Å². The molecule has 1 aromatic carbocycles. The maximum Gasteiger partial charge on any atom is 0.258 e. The third-order valence-electron chi connectivity index (χ3n) is 4.34. The molecule has 1 amide bonds. The average molecular weight is 441 g/mol. The summed E-state index contributed by atoms with van der Waals surface area (Å²) < 4.78 is 7.34. The molecule has 3 aromatic heterocycles. The number of carbonyl (C=O) groups excluding carboxylic acids is 1. The molecule has 0 aliphatic rings. The fourth-order valence-electron chi connectivity index (χ4n) is 2.94. The predicted molar refractivity (Wildman–Crippen MR) is 120 cm³/mol. The molecule has 0 aliphatic heterocycles. The zero-order valence-corrected chi connectivity index (χ0v) is 17.7. The normalized spacial score (nSPS) is 11.1. The lowest BCUT2D eigenvalue weighted by atomic mass is 10.2. The number of pyridine rings is 1. The summed E-state index contributed by atoms with van der Waals surface area (Å²) >= 11 is 2.86. The van der Waals surface area contributed by atoms with Gasteiger partial charge in [-0.25, -0.2) is 4.98 Å². The number of rotatable bonds is 9. The van der Waals surface area contributed by atoms with Crippen molar-refractivity contribution in [1.29, 1.82) is 0 Å². The van der Waals surface area contributed by atoms with Crippen LogP contribution in [0.2, 0.25) is 0 Å². The molecule has 4 rings (SSSR count). The van der Waals surface area contributed by atoms with Gasteiger partial charge in [0, 0.05) is 41.5 Å². The number of para-hydroxylation sites is 1. The summed E-state index contributed by atoms with van der Waals surface area (Å²) in [7, 11) is 0. The molecule has 3 heterocycles. The summed E-state index contributed by atoms with van der Waals surface area (Å²) in [5.41, 5.74) is 1.44. The quantitative estimate of drug-likeness (QED) is 0.403. The first-order chi connectivity index (χ1) is 14.7. The number of nitrogens with one attached hydrogen (secondary N) is 1. The topological polar surface area (TPSA) is 85.6 Å². The van der Waals surface area contributed by atoms with E-state index < -0.39 is 0 Å². The lowest BCUT2D eigenvalue weighted by Gasteiger charge is -2.09. The number of hydrogen-bond acceptors (Lipinski definition) is 7. The third-order valence-corrected chi connectivity index (χ3v) is 6.06. The zero-order chi connectivity index (χ0) is 20.8. The number of carbonyl (C=O) groups is 1. The third kappa shape index (κ3) is 4.98. The second-order valence-corrected chi connectivity index (χ2v) is 8.38. The molecular weight excluding hydrogens is 420 g/mol. The number of ether oxygens (including phenoxy) is 1. The monoisotopic (exact) mass is 440 g/mol. The van der Waals surface area contributed by atoms with E-state index in [2.05, 4.69) is 15.3 Å². The van der Waals surface area contributed by atoms with E-state index in [1.165, 1.54) is 33.6 Å². The summed E-state index contributed by atoms with van der Waals surface area (Å²) in [4.78, 5) is 33.4. The predicted octanol–water partition coefficient (Wildman–Crippen LogP) is 3.12. The minimum absolute atomic E-state index is 0.0410. The van der Waals surface area contributed by atoms with Crippen molar-refractivity contribution < 1.29 is 9.53 Å². The van der Waals surface area contributed by atoms with Crippen molar-refractivity contribution in [2.45, 2.75) is 12.2 Å². The second kappa shape index (κ2) is 9.73. The number of aromatic nitrogens is 3. The van der Waals surface area contributed by atoms with Crippen LogP contribution < -0.4 is 15.6 Å². The van der Waals surface area contributed by atoms with Crippen molar-refractivity contribution in [3.8, 4) is 5.75 Å². The molecule has 7 nitrogen and oxygen atoms in total. The first-order valence-electron chi connectivity index (χ1n) is 9.47. The van der Waals surface area contributed by atoms with Crippen LogP contribution in [0.4, 0.5) is 0 Å². The summed E-state index contributed by atoms with van der Waals surface area (Å²) in [6, 6.07) is 11.3. The fraction of sp³-hybridized carbons (Fsp3) is 0.238. The van der Waals surface area contributed by atoms with Crippen LogP contribution in [0.5, 0.6) is 5.75 Å². The van der Waals surface area contributed by atoms with Gasteiger partial charge in [-0.05, 0) is 18.6 Å². The number of nitrogens with zero attached hydrogens (tertiary/aromatic N) is 3. The van der Waals surface area contributed by atoms with Crippen LogP contribution in [-0.2, 0) is 10.5 Å². The molecule has 0 bridgehead atoms. The van der Waals surface area contributed by atoms with Gasteiger partial charge in [-0.1, -0.05) is 18.2 Å². The van der Waals surface area contributed by atoms with Crippen LogP contribution in [-0.4, -0.2) is 39.2 Å². The molecule has 0 saturated heterocycles. The van der Waals surface area contributed by atoms with Crippen molar-refractivity contribution in [2.75, 3.05) is 18.9 Å². The number of amides is 1. The van der Waals surface area contributed by atoms with Gasteiger partial charge in [-0.15, -0.1) is 23.1 Å². The van der Waals surface area contributed by atoms with Gasteiger partial charge in [-0.2, -0.15) is 0 Å². The van der Waals surface area contributed by atoms with Crippen LogP contribution in [0.3, 0.4) is 0 Å². The van der Waals surface area contributed by atoms with E-state index in [-0.39, 0.29) is 11.5 Å². The molecule has 9 heteroatoms. The van der Waals surface area contributed by atoms with Crippen LogP contribution in [0.1, 0.15) is 12.1 Å². The van der Waals surface area contributed by atoms with Crippen molar-refractivity contribution in [3.63, 3.8) is 0 Å². The molecular formula is C21H20N4O3S2. The Hall–Kier alpha value is -2.91. The van der Waals surface area contributed by atoms with Gasteiger partial charge in [0.1, 0.15) is 11.3 Å². The van der Waals surface area contributed by atoms with E-state index in [4.69, 9.17) is 4.74 Å². The van der Waals surface area contributed by atoms with Gasteiger partial charge in [0.25, 0.3) is 5.56 Å². The average Bonchev–Trinajstić information content (AvgIpc) is 3.23. The van der Waals surface area contributed by atoms with Gasteiger partial charge in [-0.3, -0.25) is 19.0 Å². The first-order valence-corrected chi connectivity index (χ1v) is 11.5. The van der Waals surface area contributed by atoms with Crippen LogP contribution in [0.25, 0.3) is 15.9 Å². The van der Waals surface area contributed by atoms with Gasteiger partial charge in [0.05, 0.1) is 18.1 Å². The summed E-state index contributed by atoms with van der Waals surface area (Å²) in [5, 5.41) is 5.76. The smallest absolute Gasteiger partial charge is 0.258 e. The van der Waals surface area contributed by atoms with Crippen LogP contribution in [0, 0.1) is 0 Å². The lowest BCUT2D eigenvalue weighted by molar-refractivity contribution is -0.118. The fourth-order valence-corrected chi connectivity index (χ4v) is 4.42. The largest absolute Gasteiger partial charge is 0.491 e. The molecule has 0 fully saturated rings. The molecule has 0 atom stereocenters. The number of thiazole rings is 1. The Kier molecular flexibility index (Phi) is 6.60. The number of fused-ring (bicyclic) bond motifs is 2. The molecule has 4 aromatic rings. The first kappa shape index (κ1) is 20.4. The van der Waals surface area contributed by atoms with Crippen LogP contribution in [0.15, 0.2) is 59.0 Å². The molecule has 0 aliphatic carbocycles. The van der Waals surface area contributed by atoms with Gasteiger partial charge < -0.3 is 10.1 Å². The zero-order valence-electron chi connectivity index (χ0n) is 16.1. The van der Waals surface area contributed by atoms with Gasteiger partial charge >= 0.3 is 0 Å². The Morgan fingerprint density at radius 2 is 2.17 bits per heavy atom. The van der Waals surface area contributed by atoms with Crippen LogP contribution >= 0.6 is 23.1 Å².